The van der Waals surface area contributed by atoms with Gasteiger partial charge in [0, 0.05) is 17.4 Å². The molecule has 0 N–H and O–H groups in total. The van der Waals surface area contributed by atoms with Gasteiger partial charge in [0.15, 0.2) is 0 Å². The molecule has 44 heavy (non-hydrogen) atoms. The van der Waals surface area contributed by atoms with Crippen LogP contribution in [-0.2, 0) is 26.5 Å². The molecule has 8 nitrogen and oxygen atoms in total. The molecule has 0 bridgehead atoms. The van der Waals surface area contributed by atoms with Gasteiger partial charge in [0.05, 0.1) is 22.1 Å². The van der Waals surface area contributed by atoms with Gasteiger partial charge >= 0.3 is 5.63 Å². The Labute approximate surface area is 257 Å². The minimum absolute atomic E-state index is 0.123. The molecule has 4 aromatic carbocycles. The van der Waals surface area contributed by atoms with Gasteiger partial charge in [-0.25, -0.2) is 21.6 Å². The lowest BCUT2D eigenvalue weighted by atomic mass is 10.0. The summed E-state index contributed by atoms with van der Waals surface area (Å²) in [5.41, 5.74) is 2.26. The third kappa shape index (κ3) is 6.41. The predicted molar refractivity (Wildman–Crippen MR) is 171 cm³/mol. The summed E-state index contributed by atoms with van der Waals surface area (Å²) in [7, 11) is -9.21. The molecule has 0 amide bonds. The van der Waals surface area contributed by atoms with Crippen LogP contribution in [0, 0.1) is 13.8 Å². The van der Waals surface area contributed by atoms with Crippen LogP contribution in [0.25, 0.3) is 11.0 Å². The van der Waals surface area contributed by atoms with E-state index in [1.54, 1.807) is 30.3 Å². The molecular formula is C34H33NO7S2. The van der Waals surface area contributed by atoms with Gasteiger partial charge in [-0.3, -0.25) is 0 Å². The van der Waals surface area contributed by atoms with Crippen molar-refractivity contribution in [1.29, 1.82) is 0 Å². The van der Waals surface area contributed by atoms with Gasteiger partial charge in [0.1, 0.15) is 11.3 Å². The Hall–Kier alpha value is -4.41. The molecule has 228 valence electrons. The fourth-order valence-corrected chi connectivity index (χ4v) is 8.41. The van der Waals surface area contributed by atoms with E-state index < -0.39 is 25.7 Å². The summed E-state index contributed by atoms with van der Waals surface area (Å²) in [5, 5.41) is 0.365. The molecule has 5 rings (SSSR count). The molecule has 0 atom stereocenters. The van der Waals surface area contributed by atoms with Crippen LogP contribution in [0.15, 0.2) is 116 Å². The van der Waals surface area contributed by atoms with Crippen LogP contribution in [0.2, 0.25) is 0 Å². The first-order valence-electron chi connectivity index (χ1n) is 14.2. The smallest absolute Gasteiger partial charge is 0.339 e. The normalized spacial score (nSPS) is 11.9. The standard InChI is InChI=1S/C34H33NO7S2/c1-4-5-20-41-32-9-7-6-8-26(32)21-28-22-27-23-29(14-19-33(27)42-34(28)36)35(43(37,38)30-15-10-24(2)11-16-30)44(39,40)31-17-12-25(3)13-18-31/h6-19,22-23H,4-5,20-21H2,1-3H3. The Balaban J connectivity index is 1.63. The molecule has 0 aliphatic rings. The molecule has 0 saturated carbocycles. The van der Waals surface area contributed by atoms with Gasteiger partial charge in [-0.15, -0.1) is 0 Å². The lowest BCUT2D eigenvalue weighted by Gasteiger charge is -2.24. The minimum Gasteiger partial charge on any atom is -0.493 e. The maximum absolute atomic E-state index is 14.0. The fraction of sp³-hybridized carbons (Fsp3) is 0.206. The summed E-state index contributed by atoms with van der Waals surface area (Å²) in [5.74, 6) is 0.661. The highest BCUT2D eigenvalue weighted by molar-refractivity contribution is 8.10. The zero-order chi connectivity index (χ0) is 31.5. The van der Waals surface area contributed by atoms with E-state index in [-0.39, 0.29) is 27.5 Å². The molecule has 0 spiro atoms. The molecule has 0 fully saturated rings. The number of fused-ring (bicyclic) bond motifs is 1. The van der Waals surface area contributed by atoms with Gasteiger partial charge in [-0.1, -0.05) is 66.9 Å². The van der Waals surface area contributed by atoms with Crippen molar-refractivity contribution in [3.63, 3.8) is 0 Å². The summed E-state index contributed by atoms with van der Waals surface area (Å²) < 4.78 is 68.1. The van der Waals surface area contributed by atoms with E-state index in [0.29, 0.717) is 27.0 Å². The van der Waals surface area contributed by atoms with E-state index in [1.165, 1.54) is 42.5 Å². The van der Waals surface area contributed by atoms with Crippen molar-refractivity contribution in [2.24, 2.45) is 0 Å². The first-order chi connectivity index (χ1) is 21.0. The van der Waals surface area contributed by atoms with E-state index in [0.717, 1.165) is 29.5 Å². The van der Waals surface area contributed by atoms with Gasteiger partial charge < -0.3 is 9.15 Å². The van der Waals surface area contributed by atoms with Crippen LogP contribution in [0.5, 0.6) is 5.75 Å². The van der Waals surface area contributed by atoms with Crippen LogP contribution in [0.4, 0.5) is 5.69 Å². The van der Waals surface area contributed by atoms with Gasteiger partial charge in [0.2, 0.25) is 0 Å². The molecular weight excluding hydrogens is 599 g/mol. The molecule has 1 heterocycles. The van der Waals surface area contributed by atoms with Crippen LogP contribution in [0.3, 0.4) is 0 Å². The number of ether oxygens (including phenoxy) is 1. The van der Waals surface area contributed by atoms with Crippen LogP contribution < -0.4 is 14.1 Å². The van der Waals surface area contributed by atoms with Crippen molar-refractivity contribution in [3.8, 4) is 5.75 Å². The van der Waals surface area contributed by atoms with Gasteiger partial charge in [-0.2, -0.15) is 3.71 Å². The minimum atomic E-state index is -4.60. The average Bonchev–Trinajstić information content (AvgIpc) is 2.99. The molecule has 10 heteroatoms. The lowest BCUT2D eigenvalue weighted by molar-refractivity contribution is 0.306. The van der Waals surface area contributed by atoms with E-state index >= 15 is 0 Å². The van der Waals surface area contributed by atoms with Crippen LogP contribution in [-0.4, -0.2) is 23.4 Å². The van der Waals surface area contributed by atoms with E-state index in [9.17, 15) is 21.6 Å². The Morgan fingerprint density at radius 2 is 1.32 bits per heavy atom. The number of sulfonamides is 2. The number of hydrogen-bond acceptors (Lipinski definition) is 7. The molecule has 1 aromatic heterocycles. The molecule has 0 radical (unpaired) electrons. The SMILES string of the molecule is CCCCOc1ccccc1Cc1cc2cc(N(S(=O)(=O)c3ccc(C)cc3)S(=O)(=O)c3ccc(C)cc3)ccc2oc1=O. The average molecular weight is 632 g/mol. The zero-order valence-electron chi connectivity index (χ0n) is 24.7. The highest BCUT2D eigenvalue weighted by Gasteiger charge is 2.37. The topological polar surface area (TPSA) is 111 Å². The summed E-state index contributed by atoms with van der Waals surface area (Å²) >= 11 is 0. The van der Waals surface area contributed by atoms with Crippen molar-refractivity contribution in [2.75, 3.05) is 10.3 Å². The maximum atomic E-state index is 14.0. The zero-order valence-corrected chi connectivity index (χ0v) is 26.3. The van der Waals surface area contributed by atoms with Gasteiger partial charge in [-0.05, 0) is 80.4 Å². The van der Waals surface area contributed by atoms with Crippen molar-refractivity contribution < 1.29 is 26.0 Å². The summed E-state index contributed by atoms with van der Waals surface area (Å²) in [4.78, 5) is 12.6. The summed E-state index contributed by atoms with van der Waals surface area (Å²) in [6.45, 7) is 6.23. The Kier molecular flexibility index (Phi) is 8.94. The Morgan fingerprint density at radius 1 is 0.727 bits per heavy atom. The Morgan fingerprint density at radius 3 is 1.91 bits per heavy atom. The number of nitrogens with zero attached hydrogens (tertiary/aromatic N) is 1. The number of unbranched alkanes of at least 4 members (excludes halogenated alkanes) is 1. The second-order valence-corrected chi connectivity index (χ2v) is 14.4. The molecule has 5 aromatic rings. The number of para-hydroxylation sites is 1. The predicted octanol–water partition coefficient (Wildman–Crippen LogP) is 6.76. The molecule has 0 saturated heterocycles. The third-order valence-corrected chi connectivity index (χ3v) is 11.4. The Bertz CT molecular complexity index is 1990. The van der Waals surface area contributed by atoms with Crippen LogP contribution >= 0.6 is 0 Å². The molecule has 0 aliphatic heterocycles. The molecule has 0 aliphatic carbocycles. The highest BCUT2D eigenvalue weighted by atomic mass is 32.3. The van der Waals surface area contributed by atoms with E-state index in [1.807, 2.05) is 38.1 Å². The van der Waals surface area contributed by atoms with E-state index in [4.69, 9.17) is 9.15 Å². The molecule has 0 unspecified atom stereocenters. The first-order valence-corrected chi connectivity index (χ1v) is 17.1. The quantitative estimate of drug-likeness (QED) is 0.117. The number of aryl methyl sites for hydroxylation is 2. The number of anilines is 1. The van der Waals surface area contributed by atoms with E-state index in [2.05, 4.69) is 6.92 Å². The lowest BCUT2D eigenvalue weighted by Crippen LogP contribution is -2.37. The van der Waals surface area contributed by atoms with Crippen molar-refractivity contribution >= 4 is 36.7 Å². The van der Waals surface area contributed by atoms with Crippen LogP contribution in [0.1, 0.15) is 42.0 Å². The second kappa shape index (κ2) is 12.7. The number of benzene rings is 4. The largest absolute Gasteiger partial charge is 0.493 e. The van der Waals surface area contributed by atoms with Crippen molar-refractivity contribution in [3.05, 3.63) is 130 Å². The third-order valence-electron chi connectivity index (χ3n) is 7.18. The fourth-order valence-electron chi connectivity index (χ4n) is 4.73. The second-order valence-electron chi connectivity index (χ2n) is 10.6. The van der Waals surface area contributed by atoms with Crippen molar-refractivity contribution in [2.45, 2.75) is 49.8 Å². The van der Waals surface area contributed by atoms with Gasteiger partial charge in [0.25, 0.3) is 20.0 Å². The summed E-state index contributed by atoms with van der Waals surface area (Å²) in [6, 6.07) is 25.1. The maximum Gasteiger partial charge on any atom is 0.339 e. The number of rotatable bonds is 11. The summed E-state index contributed by atoms with van der Waals surface area (Å²) in [6.07, 6.45) is 2.08. The number of hydrogen-bond donors (Lipinski definition) is 0. The van der Waals surface area contributed by atoms with Crippen molar-refractivity contribution in [1.82, 2.24) is 0 Å². The highest BCUT2D eigenvalue weighted by Crippen LogP contribution is 2.33. The monoisotopic (exact) mass is 631 g/mol. The first kappa shape index (κ1) is 31.0.